The molecule has 0 bridgehead atoms. The molecule has 1 amide bonds. The molecule has 1 N–H and O–H groups in total. The van der Waals surface area contributed by atoms with Crippen LogP contribution in [0.5, 0.6) is 11.5 Å². The number of nitrogens with zero attached hydrogens (tertiary/aromatic N) is 1. The van der Waals surface area contributed by atoms with Crippen LogP contribution in [0.1, 0.15) is 31.1 Å². The summed E-state index contributed by atoms with van der Waals surface area (Å²) in [5.41, 5.74) is 1.49. The van der Waals surface area contributed by atoms with Crippen LogP contribution in [0.25, 0.3) is 0 Å². The molecule has 0 saturated carbocycles. The number of rotatable bonds is 7. The predicted molar refractivity (Wildman–Crippen MR) is 132 cm³/mol. The van der Waals surface area contributed by atoms with E-state index in [-0.39, 0.29) is 23.5 Å². The summed E-state index contributed by atoms with van der Waals surface area (Å²) in [5, 5.41) is 2.80. The monoisotopic (exact) mass is 480 g/mol. The number of sulfonamides is 1. The molecule has 0 aliphatic carbocycles. The fourth-order valence-electron chi connectivity index (χ4n) is 3.58. The second-order valence-corrected chi connectivity index (χ2v) is 10.5. The fourth-order valence-corrected chi connectivity index (χ4v) is 5.13. The number of hydrogen-bond donors (Lipinski definition) is 1. The van der Waals surface area contributed by atoms with Crippen molar-refractivity contribution in [1.29, 1.82) is 0 Å². The van der Waals surface area contributed by atoms with Gasteiger partial charge in [-0.1, -0.05) is 26.0 Å². The zero-order valence-corrected chi connectivity index (χ0v) is 20.2. The second kappa shape index (κ2) is 9.77. The van der Waals surface area contributed by atoms with E-state index in [0.29, 0.717) is 41.0 Å². The molecular weight excluding hydrogens is 452 g/mol. The van der Waals surface area contributed by atoms with Crippen molar-refractivity contribution in [3.05, 3.63) is 78.4 Å². The molecule has 0 unspecified atom stereocenters. The molecule has 4 rings (SSSR count). The molecule has 1 aliphatic rings. The second-order valence-electron chi connectivity index (χ2n) is 8.64. The summed E-state index contributed by atoms with van der Waals surface area (Å²) in [6, 6.07) is 20.1. The van der Waals surface area contributed by atoms with Crippen LogP contribution in [0.4, 0.5) is 11.4 Å². The van der Waals surface area contributed by atoms with Crippen LogP contribution < -0.4 is 19.1 Å². The SMILES string of the molecule is CC(C)COc1ccc(C(=O)Nc2ccc(S(=O)(=O)N3C[C@H](C)Oc4ccccc43)cc2)cc1. The zero-order chi connectivity index (χ0) is 24.3. The van der Waals surface area contributed by atoms with Gasteiger partial charge in [0, 0.05) is 11.3 Å². The predicted octanol–water partition coefficient (Wildman–Crippen LogP) is 4.95. The smallest absolute Gasteiger partial charge is 0.264 e. The molecule has 178 valence electrons. The number of hydrogen-bond acceptors (Lipinski definition) is 5. The highest BCUT2D eigenvalue weighted by Crippen LogP contribution is 2.36. The van der Waals surface area contributed by atoms with Crippen LogP contribution in [-0.4, -0.2) is 33.6 Å². The van der Waals surface area contributed by atoms with Crippen LogP contribution in [0, 0.1) is 5.92 Å². The largest absolute Gasteiger partial charge is 0.493 e. The molecule has 1 aliphatic heterocycles. The molecule has 3 aromatic carbocycles. The lowest BCUT2D eigenvalue weighted by atomic mass is 10.2. The number of ether oxygens (including phenoxy) is 2. The van der Waals surface area contributed by atoms with Gasteiger partial charge < -0.3 is 14.8 Å². The Balaban J connectivity index is 1.46. The highest BCUT2D eigenvalue weighted by molar-refractivity contribution is 7.92. The first kappa shape index (κ1) is 23.6. The van der Waals surface area contributed by atoms with Crippen LogP contribution in [0.15, 0.2) is 77.7 Å². The molecule has 7 nitrogen and oxygen atoms in total. The van der Waals surface area contributed by atoms with Gasteiger partial charge in [0.2, 0.25) is 0 Å². The van der Waals surface area contributed by atoms with Gasteiger partial charge in [0.1, 0.15) is 17.6 Å². The van der Waals surface area contributed by atoms with E-state index in [2.05, 4.69) is 19.2 Å². The van der Waals surface area contributed by atoms with E-state index in [1.165, 1.54) is 16.4 Å². The number of nitrogens with one attached hydrogen (secondary N) is 1. The maximum Gasteiger partial charge on any atom is 0.264 e. The van der Waals surface area contributed by atoms with Crippen molar-refractivity contribution < 1.29 is 22.7 Å². The lowest BCUT2D eigenvalue weighted by molar-refractivity contribution is 0.102. The minimum Gasteiger partial charge on any atom is -0.493 e. The van der Waals surface area contributed by atoms with Gasteiger partial charge in [-0.3, -0.25) is 9.10 Å². The van der Waals surface area contributed by atoms with Crippen LogP contribution >= 0.6 is 0 Å². The first-order valence-electron chi connectivity index (χ1n) is 11.2. The fraction of sp³-hybridized carbons (Fsp3) is 0.269. The zero-order valence-electron chi connectivity index (χ0n) is 19.4. The summed E-state index contributed by atoms with van der Waals surface area (Å²) in [5.74, 6) is 1.37. The number of benzene rings is 3. The molecule has 0 saturated heterocycles. The molecule has 0 radical (unpaired) electrons. The normalized spacial score (nSPS) is 15.4. The van der Waals surface area contributed by atoms with E-state index in [4.69, 9.17) is 9.47 Å². The highest BCUT2D eigenvalue weighted by atomic mass is 32.2. The van der Waals surface area contributed by atoms with Gasteiger partial charge in [-0.15, -0.1) is 0 Å². The molecule has 0 aromatic heterocycles. The van der Waals surface area contributed by atoms with E-state index >= 15 is 0 Å². The third-order valence-corrected chi connectivity index (χ3v) is 7.08. The van der Waals surface area contributed by atoms with Crippen LogP contribution in [-0.2, 0) is 10.0 Å². The summed E-state index contributed by atoms with van der Waals surface area (Å²) in [4.78, 5) is 12.7. The van der Waals surface area contributed by atoms with Crippen LogP contribution in [0.3, 0.4) is 0 Å². The third kappa shape index (κ3) is 5.17. The Morgan fingerprint density at radius 3 is 2.41 bits per heavy atom. The number of fused-ring (bicyclic) bond motifs is 1. The highest BCUT2D eigenvalue weighted by Gasteiger charge is 2.32. The van der Waals surface area contributed by atoms with Crippen molar-refractivity contribution in [2.75, 3.05) is 22.8 Å². The maximum absolute atomic E-state index is 13.3. The molecule has 0 fully saturated rings. The number of anilines is 2. The number of carbonyl (C=O) groups is 1. The molecule has 0 spiro atoms. The molecule has 3 aromatic rings. The van der Waals surface area contributed by atoms with Gasteiger partial charge in [-0.25, -0.2) is 8.42 Å². The Morgan fingerprint density at radius 1 is 1.06 bits per heavy atom. The van der Waals surface area contributed by atoms with Gasteiger partial charge in [0.15, 0.2) is 0 Å². The Kier molecular flexibility index (Phi) is 6.79. The van der Waals surface area contributed by atoms with Gasteiger partial charge >= 0.3 is 0 Å². The Bertz CT molecular complexity index is 1260. The molecule has 34 heavy (non-hydrogen) atoms. The average Bonchev–Trinajstić information content (AvgIpc) is 2.82. The standard InChI is InChI=1S/C26H28N2O5S/c1-18(2)17-32-22-12-8-20(9-13-22)26(29)27-21-10-14-23(15-11-21)34(30,31)28-16-19(3)33-25-7-5-4-6-24(25)28/h4-15,18-19H,16-17H2,1-3H3,(H,27,29)/t19-/m0/s1. The van der Waals surface area contributed by atoms with Crippen LogP contribution in [0.2, 0.25) is 0 Å². The lowest BCUT2D eigenvalue weighted by Crippen LogP contribution is -2.42. The van der Waals surface area contributed by atoms with E-state index in [0.717, 1.165) is 0 Å². The summed E-state index contributed by atoms with van der Waals surface area (Å²) >= 11 is 0. The number of para-hydroxylation sites is 2. The molecule has 1 atom stereocenters. The summed E-state index contributed by atoms with van der Waals surface area (Å²) < 4.78 is 39.5. The minimum absolute atomic E-state index is 0.140. The van der Waals surface area contributed by atoms with Gasteiger partial charge in [0.05, 0.1) is 23.7 Å². The Morgan fingerprint density at radius 2 is 1.74 bits per heavy atom. The van der Waals surface area contributed by atoms with E-state index in [9.17, 15) is 13.2 Å². The third-order valence-electron chi connectivity index (χ3n) is 5.29. The number of amides is 1. The quantitative estimate of drug-likeness (QED) is 0.517. The molecule has 1 heterocycles. The topological polar surface area (TPSA) is 84.9 Å². The van der Waals surface area contributed by atoms with Crippen molar-refractivity contribution in [1.82, 2.24) is 0 Å². The van der Waals surface area contributed by atoms with Crippen molar-refractivity contribution >= 4 is 27.3 Å². The average molecular weight is 481 g/mol. The maximum atomic E-state index is 13.3. The summed E-state index contributed by atoms with van der Waals surface area (Å²) in [7, 11) is -3.80. The van der Waals surface area contributed by atoms with E-state index in [1.807, 2.05) is 13.0 Å². The molecule has 8 heteroatoms. The van der Waals surface area contributed by atoms with Gasteiger partial charge in [-0.2, -0.15) is 0 Å². The summed E-state index contributed by atoms with van der Waals surface area (Å²) in [6.45, 7) is 6.79. The van der Waals surface area contributed by atoms with E-state index in [1.54, 1.807) is 54.6 Å². The summed E-state index contributed by atoms with van der Waals surface area (Å²) in [6.07, 6.45) is -0.273. The Hall–Kier alpha value is -3.52. The number of carbonyl (C=O) groups excluding carboxylic acids is 1. The van der Waals surface area contributed by atoms with Crippen molar-refractivity contribution in [3.63, 3.8) is 0 Å². The Labute approximate surface area is 200 Å². The van der Waals surface area contributed by atoms with Crippen molar-refractivity contribution in [2.24, 2.45) is 5.92 Å². The minimum atomic E-state index is -3.80. The van der Waals surface area contributed by atoms with Crippen molar-refractivity contribution in [3.8, 4) is 11.5 Å². The first-order valence-corrected chi connectivity index (χ1v) is 12.6. The molecular formula is C26H28N2O5S. The van der Waals surface area contributed by atoms with Crippen molar-refractivity contribution in [2.45, 2.75) is 31.8 Å². The van der Waals surface area contributed by atoms with Gasteiger partial charge in [-0.05, 0) is 73.5 Å². The van der Waals surface area contributed by atoms with E-state index < -0.39 is 10.0 Å². The first-order chi connectivity index (χ1) is 16.2. The van der Waals surface area contributed by atoms with Gasteiger partial charge in [0.25, 0.3) is 15.9 Å². The lowest BCUT2D eigenvalue weighted by Gasteiger charge is -2.34.